The maximum Gasteiger partial charge on any atom is 0.408 e. The first-order chi connectivity index (χ1) is 10.6. The zero-order chi connectivity index (χ0) is 15.9. The maximum atomic E-state index is 12.0. The molecule has 9 heteroatoms. The fourth-order valence-electron chi connectivity index (χ4n) is 2.10. The summed E-state index contributed by atoms with van der Waals surface area (Å²) in [5, 5.41) is 13.9. The van der Waals surface area contributed by atoms with E-state index >= 15 is 0 Å². The van der Waals surface area contributed by atoms with E-state index in [2.05, 4.69) is 15.5 Å². The first-order valence-corrected chi connectivity index (χ1v) is 6.62. The molecule has 1 heterocycles. The van der Waals surface area contributed by atoms with Gasteiger partial charge in [0, 0.05) is 13.0 Å². The van der Waals surface area contributed by atoms with Crippen molar-refractivity contribution in [1.82, 2.24) is 10.6 Å². The summed E-state index contributed by atoms with van der Waals surface area (Å²) in [5.41, 5.74) is 0.929. The Balaban J connectivity index is 1.88. The van der Waals surface area contributed by atoms with Gasteiger partial charge in [0.05, 0.1) is 0 Å². The zero-order valence-electron chi connectivity index (χ0n) is 11.6. The van der Waals surface area contributed by atoms with Crippen LogP contribution in [-0.2, 0) is 20.8 Å². The van der Waals surface area contributed by atoms with Gasteiger partial charge in [-0.1, -0.05) is 30.3 Å². The van der Waals surface area contributed by atoms with Crippen LogP contribution in [0.3, 0.4) is 0 Å². The second-order valence-electron chi connectivity index (χ2n) is 4.60. The average Bonchev–Trinajstić information content (AvgIpc) is 2.85. The van der Waals surface area contributed by atoms with E-state index in [1.54, 1.807) is 0 Å². The molecule has 2 atom stereocenters. The predicted octanol–water partition coefficient (Wildman–Crippen LogP) is 0.0306. The number of alkyl carbamates (subject to hydrolysis) is 1. The van der Waals surface area contributed by atoms with Crippen LogP contribution in [-0.4, -0.2) is 42.4 Å². The lowest BCUT2D eigenvalue weighted by atomic mass is 10.0. The van der Waals surface area contributed by atoms with E-state index < -0.39 is 29.2 Å². The van der Waals surface area contributed by atoms with Gasteiger partial charge in [-0.2, -0.15) is 0 Å². The van der Waals surface area contributed by atoms with Gasteiger partial charge in [0.15, 0.2) is 0 Å². The molecule has 0 aliphatic carbocycles. The Kier molecular flexibility index (Phi) is 5.12. The normalized spacial score (nSPS) is 19.9. The smallest absolute Gasteiger partial charge is 0.408 e. The number of rotatable bonds is 7. The van der Waals surface area contributed by atoms with E-state index in [4.69, 9.17) is 4.74 Å². The van der Waals surface area contributed by atoms with Crippen molar-refractivity contribution >= 4 is 12.0 Å². The first kappa shape index (κ1) is 15.5. The van der Waals surface area contributed by atoms with Crippen LogP contribution in [0.2, 0.25) is 0 Å². The summed E-state index contributed by atoms with van der Waals surface area (Å²) in [6, 6.07) is 8.45. The largest absolute Gasteiger partial charge is 0.443 e. The molecule has 1 aromatic rings. The molecule has 0 radical (unpaired) electrons. The summed E-state index contributed by atoms with van der Waals surface area (Å²) in [4.78, 5) is 37.4. The molecule has 2 amide bonds. The van der Waals surface area contributed by atoms with Crippen molar-refractivity contribution in [3.8, 4) is 0 Å². The molecule has 118 valence electrons. The molecule has 0 bridgehead atoms. The Bertz CT molecular complexity index is 550. The molecule has 2 unspecified atom stereocenters. The number of ether oxygens (including phenoxy) is 1. The minimum Gasteiger partial charge on any atom is -0.443 e. The highest BCUT2D eigenvalue weighted by Crippen LogP contribution is 2.15. The number of benzene rings is 1. The minimum atomic E-state index is -0.940. The lowest BCUT2D eigenvalue weighted by molar-refractivity contribution is -0.757. The monoisotopic (exact) mass is 309 g/mol. The standard InChI is InChI=1S/C13H15N3O6/c17-12(14-6-7-21-16(19)20)11-10(22-13(18)15-11)8-9-4-2-1-3-5-9/h1-5,10-11H,6-8H2,(H,14,17)(H,15,18). The van der Waals surface area contributed by atoms with Crippen LogP contribution in [0, 0.1) is 10.1 Å². The number of cyclic esters (lactones) is 1. The fraction of sp³-hybridized carbons (Fsp3) is 0.385. The second-order valence-corrected chi connectivity index (χ2v) is 4.60. The molecule has 1 saturated heterocycles. The highest BCUT2D eigenvalue weighted by atomic mass is 16.9. The maximum absolute atomic E-state index is 12.0. The van der Waals surface area contributed by atoms with Crippen molar-refractivity contribution in [2.45, 2.75) is 18.6 Å². The van der Waals surface area contributed by atoms with Crippen molar-refractivity contribution in [1.29, 1.82) is 0 Å². The summed E-state index contributed by atoms with van der Waals surface area (Å²) < 4.78 is 5.09. The molecule has 2 rings (SSSR count). The number of carbonyl (C=O) groups is 2. The van der Waals surface area contributed by atoms with Gasteiger partial charge in [-0.05, 0) is 5.56 Å². The number of carbonyl (C=O) groups excluding carboxylic acids is 2. The van der Waals surface area contributed by atoms with Crippen LogP contribution >= 0.6 is 0 Å². The van der Waals surface area contributed by atoms with Gasteiger partial charge in [0.2, 0.25) is 5.91 Å². The Morgan fingerprint density at radius 2 is 2.14 bits per heavy atom. The molecule has 22 heavy (non-hydrogen) atoms. The average molecular weight is 309 g/mol. The van der Waals surface area contributed by atoms with Gasteiger partial charge in [0.25, 0.3) is 5.09 Å². The number of nitrogens with zero attached hydrogens (tertiary/aromatic N) is 1. The lowest BCUT2D eigenvalue weighted by Gasteiger charge is -2.16. The second kappa shape index (κ2) is 7.25. The third-order valence-electron chi connectivity index (χ3n) is 3.06. The predicted molar refractivity (Wildman–Crippen MR) is 73.3 cm³/mol. The summed E-state index contributed by atoms with van der Waals surface area (Å²) in [6.07, 6.45) is -0.905. The van der Waals surface area contributed by atoms with Gasteiger partial charge in [-0.3, -0.25) is 4.79 Å². The minimum absolute atomic E-state index is 0.0375. The zero-order valence-corrected chi connectivity index (χ0v) is 11.6. The molecule has 1 fully saturated rings. The van der Waals surface area contributed by atoms with Crippen molar-refractivity contribution in [2.24, 2.45) is 0 Å². The topological polar surface area (TPSA) is 120 Å². The van der Waals surface area contributed by atoms with Crippen LogP contribution in [0.5, 0.6) is 0 Å². The third-order valence-corrected chi connectivity index (χ3v) is 3.06. The van der Waals surface area contributed by atoms with Crippen molar-refractivity contribution in [3.05, 3.63) is 46.0 Å². The van der Waals surface area contributed by atoms with Crippen LogP contribution in [0.25, 0.3) is 0 Å². The van der Waals surface area contributed by atoms with Crippen molar-refractivity contribution in [2.75, 3.05) is 13.2 Å². The Labute approximate surface area is 125 Å². The van der Waals surface area contributed by atoms with Crippen molar-refractivity contribution < 1.29 is 24.3 Å². The van der Waals surface area contributed by atoms with Gasteiger partial charge >= 0.3 is 6.09 Å². The molecule has 2 N–H and O–H groups in total. The molecule has 0 saturated carbocycles. The molecule has 0 aromatic heterocycles. The summed E-state index contributed by atoms with van der Waals surface area (Å²) in [7, 11) is 0. The summed E-state index contributed by atoms with van der Waals surface area (Å²) >= 11 is 0. The van der Waals surface area contributed by atoms with Crippen LogP contribution in [0.1, 0.15) is 5.56 Å². The number of nitrogens with one attached hydrogen (secondary N) is 2. The van der Waals surface area contributed by atoms with Gasteiger partial charge in [-0.25, -0.2) is 4.79 Å². The highest BCUT2D eigenvalue weighted by Gasteiger charge is 2.38. The van der Waals surface area contributed by atoms with Gasteiger partial charge < -0.3 is 20.2 Å². The number of amides is 2. The van der Waals surface area contributed by atoms with Gasteiger partial charge in [0.1, 0.15) is 18.8 Å². The van der Waals surface area contributed by atoms with E-state index in [0.717, 1.165) is 5.56 Å². The van der Waals surface area contributed by atoms with E-state index in [1.165, 1.54) is 0 Å². The Morgan fingerprint density at radius 1 is 1.41 bits per heavy atom. The number of hydrogen-bond acceptors (Lipinski definition) is 6. The molecule has 9 nitrogen and oxygen atoms in total. The Morgan fingerprint density at radius 3 is 2.82 bits per heavy atom. The molecule has 1 aliphatic heterocycles. The van der Waals surface area contributed by atoms with Crippen molar-refractivity contribution in [3.63, 3.8) is 0 Å². The SMILES string of the molecule is O=C1NC(C(=O)NCCO[N+](=O)[O-])C(Cc2ccccc2)O1. The Hall–Kier alpha value is -2.84. The van der Waals surface area contributed by atoms with Gasteiger partial charge in [-0.15, -0.1) is 10.1 Å². The fourth-order valence-corrected chi connectivity index (χ4v) is 2.10. The molecule has 0 spiro atoms. The van der Waals surface area contributed by atoms with Crippen LogP contribution < -0.4 is 10.6 Å². The molecular formula is C13H15N3O6. The summed E-state index contributed by atoms with van der Waals surface area (Å²) in [5.74, 6) is -0.473. The summed E-state index contributed by atoms with van der Waals surface area (Å²) in [6.45, 7) is -0.298. The van der Waals surface area contributed by atoms with Crippen LogP contribution in [0.4, 0.5) is 4.79 Å². The molecule has 1 aliphatic rings. The lowest BCUT2D eigenvalue weighted by Crippen LogP contribution is -2.47. The quantitative estimate of drug-likeness (QED) is 0.416. The van der Waals surface area contributed by atoms with E-state index in [-0.39, 0.29) is 13.2 Å². The first-order valence-electron chi connectivity index (χ1n) is 6.62. The number of hydrogen-bond donors (Lipinski definition) is 2. The molecular weight excluding hydrogens is 294 g/mol. The van der Waals surface area contributed by atoms with E-state index in [1.807, 2.05) is 30.3 Å². The third kappa shape index (κ3) is 4.33. The highest BCUT2D eigenvalue weighted by molar-refractivity contribution is 5.88. The van der Waals surface area contributed by atoms with E-state index in [0.29, 0.717) is 6.42 Å². The van der Waals surface area contributed by atoms with E-state index in [9.17, 15) is 19.7 Å². The van der Waals surface area contributed by atoms with Crippen LogP contribution in [0.15, 0.2) is 30.3 Å². The molecule has 1 aromatic carbocycles.